The van der Waals surface area contributed by atoms with Gasteiger partial charge in [0.1, 0.15) is 23.2 Å². The first-order chi connectivity index (χ1) is 42.2. The third kappa shape index (κ3) is 7.89. The van der Waals surface area contributed by atoms with Crippen molar-refractivity contribution >= 4 is 88.0 Å². The van der Waals surface area contributed by atoms with E-state index in [4.69, 9.17) is 29.4 Å². The predicted octanol–water partition coefficient (Wildman–Crippen LogP) is 18.3. The molecule has 9 nitrogen and oxygen atoms in total. The number of nitrogens with one attached hydrogen (secondary N) is 1. The van der Waals surface area contributed by atoms with Gasteiger partial charge in [-0.05, 0) is 64.5 Å². The van der Waals surface area contributed by atoms with Crippen LogP contribution >= 0.6 is 0 Å². The Morgan fingerprint density at radius 1 is 0.365 bits per heavy atom. The number of aliphatic imine (C=N–C) groups is 2. The molecule has 0 radical (unpaired) electrons. The monoisotopic (exact) mass is 1090 g/mol. The summed E-state index contributed by atoms with van der Waals surface area (Å²) in [5, 5.41) is 12.5. The van der Waals surface area contributed by atoms with Crippen molar-refractivity contribution in [2.75, 3.05) is 0 Å². The Kier molecular flexibility index (Phi) is 11.1. The molecule has 1 aliphatic heterocycles. The highest BCUT2D eigenvalue weighted by molar-refractivity contribution is 6.39. The SMILES string of the molecule is c1ccc(C2=NC(c3cccc(-c4ccccc4)c3)=NC(c3ccc(-n4c5ccccc5c5c6oc7ccccc7c6c6c(c7ccccc7n6-c6cccc7ccccc67)c54)c(-c4nc(-c5ccccc5)nc(-c5ccccc5)n4)c3)N2)cc1. The molecule has 12 aromatic carbocycles. The zero-order valence-electron chi connectivity index (χ0n) is 45.7. The van der Waals surface area contributed by atoms with E-state index in [9.17, 15) is 0 Å². The highest BCUT2D eigenvalue weighted by atomic mass is 16.3. The van der Waals surface area contributed by atoms with Gasteiger partial charge in [0.2, 0.25) is 0 Å². The molecule has 0 saturated heterocycles. The molecule has 1 unspecified atom stereocenters. The van der Waals surface area contributed by atoms with E-state index in [1.54, 1.807) is 0 Å². The van der Waals surface area contributed by atoms with E-state index in [1.807, 2.05) is 60.7 Å². The lowest BCUT2D eigenvalue weighted by Gasteiger charge is -2.25. The average Bonchev–Trinajstić information content (AvgIpc) is 1.60. The van der Waals surface area contributed by atoms with E-state index in [1.165, 1.54) is 0 Å². The topological polar surface area (TPSA) is 98.4 Å². The first-order valence-corrected chi connectivity index (χ1v) is 28.6. The van der Waals surface area contributed by atoms with Crippen molar-refractivity contribution < 1.29 is 4.42 Å². The van der Waals surface area contributed by atoms with E-state index in [-0.39, 0.29) is 0 Å². The van der Waals surface area contributed by atoms with Gasteiger partial charge in [0.25, 0.3) is 0 Å². The molecule has 0 spiro atoms. The third-order valence-corrected chi connectivity index (χ3v) is 16.6. The summed E-state index contributed by atoms with van der Waals surface area (Å²) >= 11 is 0. The van der Waals surface area contributed by atoms with Gasteiger partial charge in [-0.25, -0.2) is 24.9 Å². The Morgan fingerprint density at radius 3 is 1.56 bits per heavy atom. The van der Waals surface area contributed by atoms with Crippen LogP contribution in [0.3, 0.4) is 0 Å². The van der Waals surface area contributed by atoms with Crippen molar-refractivity contribution in [1.82, 2.24) is 29.4 Å². The lowest BCUT2D eigenvalue weighted by Crippen LogP contribution is -2.33. The fraction of sp³-hybridized carbons (Fsp3) is 0.0132. The van der Waals surface area contributed by atoms with Gasteiger partial charge in [-0.2, -0.15) is 0 Å². The van der Waals surface area contributed by atoms with Gasteiger partial charge in [-0.1, -0.05) is 237 Å². The zero-order valence-corrected chi connectivity index (χ0v) is 45.7. The number of para-hydroxylation sites is 3. The molecule has 17 rings (SSSR count). The summed E-state index contributed by atoms with van der Waals surface area (Å²) in [6, 6.07) is 97.4. The molecule has 398 valence electrons. The molecule has 0 saturated carbocycles. The Bertz CT molecular complexity index is 5330. The number of amidine groups is 2. The largest absolute Gasteiger partial charge is 0.455 e. The molecule has 16 aromatic rings. The Balaban J connectivity index is 0.994. The molecule has 1 aliphatic rings. The lowest BCUT2D eigenvalue weighted by molar-refractivity contribution is 0.673. The first kappa shape index (κ1) is 48.2. The molecule has 1 N–H and O–H groups in total. The highest BCUT2D eigenvalue weighted by Gasteiger charge is 2.31. The Morgan fingerprint density at radius 2 is 0.871 bits per heavy atom. The van der Waals surface area contributed by atoms with Crippen LogP contribution in [-0.4, -0.2) is 35.8 Å². The summed E-state index contributed by atoms with van der Waals surface area (Å²) in [7, 11) is 0. The second kappa shape index (κ2) is 19.6. The van der Waals surface area contributed by atoms with E-state index in [0.29, 0.717) is 29.1 Å². The molecule has 0 aliphatic carbocycles. The van der Waals surface area contributed by atoms with Crippen molar-refractivity contribution in [2.24, 2.45) is 9.98 Å². The van der Waals surface area contributed by atoms with Gasteiger partial charge in [-0.15, -0.1) is 0 Å². The van der Waals surface area contributed by atoms with Gasteiger partial charge < -0.3 is 18.9 Å². The van der Waals surface area contributed by atoms with E-state index in [0.717, 1.165) is 132 Å². The first-order valence-electron chi connectivity index (χ1n) is 28.6. The lowest BCUT2D eigenvalue weighted by atomic mass is 10.0. The van der Waals surface area contributed by atoms with E-state index >= 15 is 0 Å². The number of furan rings is 1. The van der Waals surface area contributed by atoms with Crippen LogP contribution in [0.25, 0.3) is 133 Å². The fourth-order valence-electron chi connectivity index (χ4n) is 12.8. The van der Waals surface area contributed by atoms with E-state index < -0.39 is 6.17 Å². The van der Waals surface area contributed by atoms with Gasteiger partial charge in [0, 0.05) is 54.7 Å². The maximum atomic E-state index is 7.28. The zero-order chi connectivity index (χ0) is 56.0. The molecule has 4 aromatic heterocycles. The Labute approximate surface area is 487 Å². The highest BCUT2D eigenvalue weighted by Crippen LogP contribution is 2.51. The molecule has 0 fully saturated rings. The molecular weight excluding hydrogens is 1040 g/mol. The van der Waals surface area contributed by atoms with Crippen LogP contribution in [0.2, 0.25) is 0 Å². The molecule has 9 heteroatoms. The second-order valence-corrected chi connectivity index (χ2v) is 21.5. The van der Waals surface area contributed by atoms with Gasteiger partial charge >= 0.3 is 0 Å². The van der Waals surface area contributed by atoms with Crippen LogP contribution < -0.4 is 5.32 Å². The number of nitrogens with zero attached hydrogens (tertiary/aromatic N) is 7. The number of rotatable bonds is 9. The summed E-state index contributed by atoms with van der Waals surface area (Å²) < 4.78 is 12.2. The fourth-order valence-corrected chi connectivity index (χ4v) is 12.8. The van der Waals surface area contributed by atoms with Gasteiger partial charge in [-0.3, -0.25) is 0 Å². The second-order valence-electron chi connectivity index (χ2n) is 21.5. The minimum atomic E-state index is -0.585. The molecule has 0 bridgehead atoms. The van der Waals surface area contributed by atoms with Crippen LogP contribution in [0.4, 0.5) is 0 Å². The van der Waals surface area contributed by atoms with Crippen molar-refractivity contribution in [2.45, 2.75) is 6.17 Å². The maximum Gasteiger partial charge on any atom is 0.166 e. The number of hydrogen-bond donors (Lipinski definition) is 1. The minimum Gasteiger partial charge on any atom is -0.455 e. The van der Waals surface area contributed by atoms with Gasteiger partial charge in [0.15, 0.2) is 23.3 Å². The molecule has 0 amide bonds. The predicted molar refractivity (Wildman–Crippen MR) is 347 cm³/mol. The number of benzene rings is 12. The molecular formula is C76H48N8O. The van der Waals surface area contributed by atoms with Crippen LogP contribution in [0.1, 0.15) is 22.9 Å². The number of fused-ring (bicyclic) bond motifs is 13. The van der Waals surface area contributed by atoms with Crippen molar-refractivity contribution in [3.05, 3.63) is 296 Å². The maximum absolute atomic E-state index is 7.28. The summed E-state index contributed by atoms with van der Waals surface area (Å²) in [5.74, 6) is 2.95. The van der Waals surface area contributed by atoms with E-state index in [2.05, 4.69) is 233 Å². The normalized spacial score (nSPS) is 13.5. The average molecular weight is 1090 g/mol. The van der Waals surface area contributed by atoms with Gasteiger partial charge in [0.05, 0.1) is 44.2 Å². The van der Waals surface area contributed by atoms with Crippen LogP contribution in [0.5, 0.6) is 0 Å². The van der Waals surface area contributed by atoms with Crippen molar-refractivity contribution in [3.8, 4) is 56.7 Å². The number of hydrogen-bond acceptors (Lipinski definition) is 7. The summed E-state index contributed by atoms with van der Waals surface area (Å²) in [5.41, 5.74) is 15.2. The van der Waals surface area contributed by atoms with Crippen LogP contribution in [0.15, 0.2) is 293 Å². The number of aromatic nitrogens is 5. The smallest absolute Gasteiger partial charge is 0.166 e. The van der Waals surface area contributed by atoms with Crippen LogP contribution in [0, 0.1) is 0 Å². The minimum absolute atomic E-state index is 0.502. The third-order valence-electron chi connectivity index (χ3n) is 16.6. The van der Waals surface area contributed by atoms with Crippen LogP contribution in [-0.2, 0) is 0 Å². The summed E-state index contributed by atoms with van der Waals surface area (Å²) in [4.78, 5) is 27.0. The molecule has 1 atom stereocenters. The summed E-state index contributed by atoms with van der Waals surface area (Å²) in [6.45, 7) is 0. The quantitative estimate of drug-likeness (QED) is 0.155. The standard InChI is InChI=1S/C76H48N8O/c1-5-23-47(24-6-1)52-33-21-34-53(45-52)74-78-71(49-26-7-2-8-27-49)79-75(80-74)54-43-44-63(59(46-54)76-81-72(50-28-9-3-10-29-50)77-73(82-76)51-30-11-4-12-31-51)84-62-40-19-16-37-57(62)66-68(84)65-56-36-15-18-39-61(56)83(60-41-22-32-48-25-13-14-35-55(48)60)69(65)67-58-38-17-20-42-64(58)85-70(66)67/h1-46,75H,(H,78,79,80). The molecule has 85 heavy (non-hydrogen) atoms. The Hall–Kier alpha value is -11.6. The van der Waals surface area contributed by atoms with Crippen molar-refractivity contribution in [1.29, 1.82) is 0 Å². The summed E-state index contributed by atoms with van der Waals surface area (Å²) in [6.07, 6.45) is -0.585. The van der Waals surface area contributed by atoms with Crippen molar-refractivity contribution in [3.63, 3.8) is 0 Å². The molecule has 5 heterocycles.